The highest BCUT2D eigenvalue weighted by molar-refractivity contribution is 6.03. The molecule has 3 N–H and O–H groups in total. The number of hydrogen-bond acceptors (Lipinski definition) is 3. The first kappa shape index (κ1) is 20.3. The number of aliphatic imine (C=N–C) groups is 1. The van der Waals surface area contributed by atoms with Crippen LogP contribution in [0.3, 0.4) is 0 Å². The number of halogens is 3. The van der Waals surface area contributed by atoms with Crippen LogP contribution < -0.4 is 10.6 Å². The van der Waals surface area contributed by atoms with Gasteiger partial charge in [0.05, 0.1) is 5.54 Å². The molecule has 0 aliphatic heterocycles. The first-order chi connectivity index (χ1) is 12.0. The molecule has 1 aliphatic rings. The van der Waals surface area contributed by atoms with Gasteiger partial charge in [-0.05, 0) is 39.5 Å². The monoisotopic (exact) mass is 373 g/mol. The molecule has 146 valence electrons. The van der Waals surface area contributed by atoms with E-state index in [0.717, 1.165) is 31.7 Å². The molecule has 6 nitrogen and oxygen atoms in total. The second-order valence-electron chi connectivity index (χ2n) is 7.68. The number of anilines is 1. The highest BCUT2D eigenvalue weighted by atomic mass is 19.4. The summed E-state index contributed by atoms with van der Waals surface area (Å²) in [6.45, 7) is 5.48. The third kappa shape index (κ3) is 6.68. The summed E-state index contributed by atoms with van der Waals surface area (Å²) >= 11 is 0. The molecule has 0 bridgehead atoms. The summed E-state index contributed by atoms with van der Waals surface area (Å²) in [7, 11) is 0. The van der Waals surface area contributed by atoms with Crippen LogP contribution in [-0.4, -0.2) is 27.6 Å². The Balaban J connectivity index is 2.05. The molecule has 0 spiro atoms. The van der Waals surface area contributed by atoms with Crippen LogP contribution in [0.25, 0.3) is 0 Å². The van der Waals surface area contributed by atoms with E-state index in [-0.39, 0.29) is 17.7 Å². The Labute approximate surface area is 151 Å². The molecule has 1 saturated carbocycles. The third-order valence-electron chi connectivity index (χ3n) is 4.03. The van der Waals surface area contributed by atoms with Gasteiger partial charge in [-0.25, -0.2) is 4.99 Å². The Morgan fingerprint density at radius 2 is 1.92 bits per heavy atom. The summed E-state index contributed by atoms with van der Waals surface area (Å²) in [4.78, 5) is 16.7. The fourth-order valence-electron chi connectivity index (χ4n) is 2.91. The number of H-pyrrole nitrogens is 1. The van der Waals surface area contributed by atoms with Crippen LogP contribution in [0.2, 0.25) is 0 Å². The Morgan fingerprint density at radius 1 is 1.27 bits per heavy atom. The normalized spacial score (nSPS) is 17.2. The van der Waals surface area contributed by atoms with Crippen molar-refractivity contribution in [3.63, 3.8) is 0 Å². The van der Waals surface area contributed by atoms with Gasteiger partial charge in [0.15, 0.2) is 5.82 Å². The predicted octanol–water partition coefficient (Wildman–Crippen LogP) is 4.08. The maximum atomic E-state index is 12.7. The van der Waals surface area contributed by atoms with Crippen LogP contribution in [-0.2, 0) is 11.0 Å². The zero-order valence-electron chi connectivity index (χ0n) is 15.3. The molecule has 1 aromatic rings. The van der Waals surface area contributed by atoms with Crippen molar-refractivity contribution in [3.05, 3.63) is 11.8 Å². The number of aromatic amines is 1. The maximum absolute atomic E-state index is 12.7. The number of alkyl halides is 3. The lowest BCUT2D eigenvalue weighted by atomic mass is 9.87. The van der Waals surface area contributed by atoms with Crippen LogP contribution >= 0.6 is 0 Å². The van der Waals surface area contributed by atoms with E-state index >= 15 is 0 Å². The minimum atomic E-state index is -4.52. The van der Waals surface area contributed by atoms with E-state index in [1.54, 1.807) is 0 Å². The number of aromatic nitrogens is 2. The SMILES string of the molecule is CC(C)(C)N=C(NC(=O)CC1CCCCC1)Nc1cc(C(F)(F)F)[nH]n1. The van der Waals surface area contributed by atoms with Crippen LogP contribution in [0, 0.1) is 5.92 Å². The van der Waals surface area contributed by atoms with Gasteiger partial charge >= 0.3 is 6.18 Å². The molecule has 1 aromatic heterocycles. The van der Waals surface area contributed by atoms with Crippen LogP contribution in [0.1, 0.15) is 65.0 Å². The molecule has 0 aromatic carbocycles. The van der Waals surface area contributed by atoms with Gasteiger partial charge in [0.2, 0.25) is 11.9 Å². The lowest BCUT2D eigenvalue weighted by Crippen LogP contribution is -2.39. The van der Waals surface area contributed by atoms with Crippen LogP contribution in [0.4, 0.5) is 19.0 Å². The van der Waals surface area contributed by atoms with Crippen molar-refractivity contribution in [1.82, 2.24) is 15.5 Å². The Hall–Kier alpha value is -2.06. The average molecular weight is 373 g/mol. The van der Waals surface area contributed by atoms with E-state index in [1.165, 1.54) is 6.42 Å². The van der Waals surface area contributed by atoms with E-state index in [2.05, 4.69) is 20.7 Å². The quantitative estimate of drug-likeness (QED) is 0.551. The first-order valence-corrected chi connectivity index (χ1v) is 8.82. The average Bonchev–Trinajstić information content (AvgIpc) is 2.95. The van der Waals surface area contributed by atoms with Crippen molar-refractivity contribution in [3.8, 4) is 0 Å². The van der Waals surface area contributed by atoms with Gasteiger partial charge in [-0.2, -0.15) is 18.3 Å². The van der Waals surface area contributed by atoms with Crippen molar-refractivity contribution in [2.75, 3.05) is 5.32 Å². The van der Waals surface area contributed by atoms with Crippen molar-refractivity contribution < 1.29 is 18.0 Å². The fourth-order valence-corrected chi connectivity index (χ4v) is 2.91. The summed E-state index contributed by atoms with van der Waals surface area (Å²) in [5.74, 6) is 0.192. The van der Waals surface area contributed by atoms with Gasteiger partial charge in [0.1, 0.15) is 5.69 Å². The molecule has 1 fully saturated rings. The maximum Gasteiger partial charge on any atom is 0.432 e. The molecule has 0 radical (unpaired) electrons. The van der Waals surface area contributed by atoms with Crippen molar-refractivity contribution in [2.24, 2.45) is 10.9 Å². The number of guanidine groups is 1. The third-order valence-corrected chi connectivity index (χ3v) is 4.03. The lowest BCUT2D eigenvalue weighted by molar-refractivity contribution is -0.141. The molecule has 0 unspecified atom stereocenters. The number of carbonyl (C=O) groups is 1. The van der Waals surface area contributed by atoms with Gasteiger partial charge in [-0.3, -0.25) is 15.2 Å². The number of nitrogens with one attached hydrogen (secondary N) is 3. The van der Waals surface area contributed by atoms with E-state index in [1.807, 2.05) is 25.9 Å². The number of amides is 1. The minimum absolute atomic E-state index is 0.0571. The molecule has 1 amide bonds. The Kier molecular flexibility index (Phi) is 6.30. The predicted molar refractivity (Wildman–Crippen MR) is 93.7 cm³/mol. The molecule has 0 saturated heterocycles. The van der Waals surface area contributed by atoms with E-state index in [4.69, 9.17) is 0 Å². The molecule has 2 rings (SSSR count). The molecular weight excluding hydrogens is 347 g/mol. The smallest absolute Gasteiger partial charge is 0.309 e. The van der Waals surface area contributed by atoms with Crippen molar-refractivity contribution >= 4 is 17.7 Å². The van der Waals surface area contributed by atoms with Crippen molar-refractivity contribution in [2.45, 2.75) is 71.0 Å². The molecule has 9 heteroatoms. The van der Waals surface area contributed by atoms with Gasteiger partial charge < -0.3 is 5.32 Å². The van der Waals surface area contributed by atoms with Gasteiger partial charge in [-0.15, -0.1) is 0 Å². The summed E-state index contributed by atoms with van der Waals surface area (Å²) in [5, 5.41) is 10.9. The van der Waals surface area contributed by atoms with Gasteiger partial charge in [-0.1, -0.05) is 19.3 Å². The Bertz CT molecular complexity index is 640. The zero-order valence-corrected chi connectivity index (χ0v) is 15.3. The molecule has 0 atom stereocenters. The Morgan fingerprint density at radius 3 is 2.46 bits per heavy atom. The van der Waals surface area contributed by atoms with E-state index in [0.29, 0.717) is 12.3 Å². The van der Waals surface area contributed by atoms with E-state index < -0.39 is 17.4 Å². The number of rotatable bonds is 3. The van der Waals surface area contributed by atoms with Crippen molar-refractivity contribution in [1.29, 1.82) is 0 Å². The molecule has 1 aliphatic carbocycles. The number of carbonyl (C=O) groups excluding carboxylic acids is 1. The summed E-state index contributed by atoms with van der Waals surface area (Å²) < 4.78 is 38.0. The zero-order chi connectivity index (χ0) is 19.4. The van der Waals surface area contributed by atoms with Crippen LogP contribution in [0.5, 0.6) is 0 Å². The van der Waals surface area contributed by atoms with Gasteiger partial charge in [0.25, 0.3) is 0 Å². The number of nitrogens with zero attached hydrogens (tertiary/aromatic N) is 2. The second kappa shape index (κ2) is 8.09. The highest BCUT2D eigenvalue weighted by Crippen LogP contribution is 2.29. The first-order valence-electron chi connectivity index (χ1n) is 8.82. The standard InChI is InChI=1S/C17H26F3N5O/c1-16(2,3)23-15(21-13-10-12(24-25-13)17(18,19)20)22-14(26)9-11-7-5-4-6-8-11/h10-11H,4-9H2,1-3H3,(H3,21,22,23,24,25,26). The second-order valence-corrected chi connectivity index (χ2v) is 7.68. The molecule has 26 heavy (non-hydrogen) atoms. The summed E-state index contributed by atoms with van der Waals surface area (Å²) in [6, 6.07) is 0.839. The summed E-state index contributed by atoms with van der Waals surface area (Å²) in [5.41, 5.74) is -1.49. The lowest BCUT2D eigenvalue weighted by Gasteiger charge is -2.22. The van der Waals surface area contributed by atoms with Crippen LogP contribution in [0.15, 0.2) is 11.1 Å². The van der Waals surface area contributed by atoms with E-state index in [9.17, 15) is 18.0 Å². The summed E-state index contributed by atoms with van der Waals surface area (Å²) in [6.07, 6.45) is 1.40. The largest absolute Gasteiger partial charge is 0.432 e. The molecular formula is C17H26F3N5O. The van der Waals surface area contributed by atoms with Gasteiger partial charge in [0, 0.05) is 12.5 Å². The highest BCUT2D eigenvalue weighted by Gasteiger charge is 2.33. The molecule has 1 heterocycles. The topological polar surface area (TPSA) is 82.2 Å². The number of hydrogen-bond donors (Lipinski definition) is 3. The minimum Gasteiger partial charge on any atom is -0.309 e. The fraction of sp³-hybridized carbons (Fsp3) is 0.706.